The summed E-state index contributed by atoms with van der Waals surface area (Å²) < 4.78 is 13.6. The van der Waals surface area contributed by atoms with Gasteiger partial charge in [0.2, 0.25) is 5.82 Å². The molecule has 2 aromatic rings. The summed E-state index contributed by atoms with van der Waals surface area (Å²) in [5, 5.41) is 9.26. The van der Waals surface area contributed by atoms with Crippen LogP contribution >= 0.6 is 0 Å². The topological polar surface area (TPSA) is 70.7 Å². The molecule has 1 heterocycles. The van der Waals surface area contributed by atoms with Gasteiger partial charge in [0, 0.05) is 11.5 Å². The Bertz CT molecular complexity index is 609. The van der Waals surface area contributed by atoms with E-state index in [9.17, 15) is 9.18 Å². The lowest BCUT2D eigenvalue weighted by atomic mass is 10.1. The standard InChI is InChI=1S/C14H17FN4O/c1-8(2)12-17-13(19-18-12)14(20)16-9(3)10-6-4-5-7-11(10)15/h4-9H,1-3H3,(H,16,20)(H,17,18,19). The quantitative estimate of drug-likeness (QED) is 0.901. The highest BCUT2D eigenvalue weighted by Gasteiger charge is 2.18. The third kappa shape index (κ3) is 3.01. The number of benzene rings is 1. The third-order valence-electron chi connectivity index (χ3n) is 2.97. The van der Waals surface area contributed by atoms with Crippen molar-refractivity contribution in [2.75, 3.05) is 0 Å². The third-order valence-corrected chi connectivity index (χ3v) is 2.97. The van der Waals surface area contributed by atoms with Crippen molar-refractivity contribution in [1.82, 2.24) is 20.5 Å². The number of aromatic nitrogens is 3. The molecule has 106 valence electrons. The van der Waals surface area contributed by atoms with E-state index in [4.69, 9.17) is 0 Å². The van der Waals surface area contributed by atoms with Gasteiger partial charge in [0.05, 0.1) is 6.04 Å². The zero-order valence-corrected chi connectivity index (χ0v) is 11.6. The molecule has 0 saturated heterocycles. The molecule has 0 saturated carbocycles. The molecule has 2 N–H and O–H groups in total. The van der Waals surface area contributed by atoms with Crippen LogP contribution in [0.3, 0.4) is 0 Å². The van der Waals surface area contributed by atoms with Crippen LogP contribution in [-0.2, 0) is 0 Å². The number of aromatic amines is 1. The summed E-state index contributed by atoms with van der Waals surface area (Å²) in [4.78, 5) is 16.1. The Hall–Kier alpha value is -2.24. The second-order valence-electron chi connectivity index (χ2n) is 4.92. The lowest BCUT2D eigenvalue weighted by Crippen LogP contribution is -2.28. The summed E-state index contributed by atoms with van der Waals surface area (Å²) in [6.07, 6.45) is 0. The minimum atomic E-state index is -0.454. The number of amides is 1. The zero-order valence-electron chi connectivity index (χ0n) is 11.6. The second-order valence-corrected chi connectivity index (χ2v) is 4.92. The van der Waals surface area contributed by atoms with E-state index in [0.717, 1.165) is 0 Å². The maximum atomic E-state index is 13.6. The SMILES string of the molecule is CC(C)c1nc(C(=O)NC(C)c2ccccc2F)n[nH]1. The Kier molecular flexibility index (Phi) is 4.12. The molecule has 1 unspecified atom stereocenters. The largest absolute Gasteiger partial charge is 0.343 e. The van der Waals surface area contributed by atoms with Crippen molar-refractivity contribution >= 4 is 5.91 Å². The number of halogens is 1. The molecule has 20 heavy (non-hydrogen) atoms. The maximum Gasteiger partial charge on any atom is 0.291 e. The van der Waals surface area contributed by atoms with E-state index in [-0.39, 0.29) is 17.6 Å². The molecule has 1 atom stereocenters. The van der Waals surface area contributed by atoms with Crippen molar-refractivity contribution < 1.29 is 9.18 Å². The highest BCUT2D eigenvalue weighted by molar-refractivity contribution is 5.90. The van der Waals surface area contributed by atoms with Crippen molar-refractivity contribution in [3.8, 4) is 0 Å². The van der Waals surface area contributed by atoms with Crippen LogP contribution in [0.1, 0.15) is 54.7 Å². The average Bonchev–Trinajstić information content (AvgIpc) is 2.88. The first-order chi connectivity index (χ1) is 9.49. The molecule has 1 aromatic heterocycles. The number of hydrogen-bond acceptors (Lipinski definition) is 3. The molecule has 0 aliphatic heterocycles. The first-order valence-electron chi connectivity index (χ1n) is 6.46. The molecule has 0 fully saturated rings. The molecule has 6 heteroatoms. The van der Waals surface area contributed by atoms with E-state index >= 15 is 0 Å². The molecule has 0 spiro atoms. The van der Waals surface area contributed by atoms with Crippen molar-refractivity contribution in [2.24, 2.45) is 0 Å². The van der Waals surface area contributed by atoms with Gasteiger partial charge in [0.25, 0.3) is 5.91 Å². The lowest BCUT2D eigenvalue weighted by molar-refractivity contribution is 0.0929. The van der Waals surface area contributed by atoms with E-state index in [0.29, 0.717) is 11.4 Å². The molecule has 0 bridgehead atoms. The maximum absolute atomic E-state index is 13.6. The van der Waals surface area contributed by atoms with E-state index < -0.39 is 11.9 Å². The number of rotatable bonds is 4. The average molecular weight is 276 g/mol. The Labute approximate surface area is 116 Å². The number of nitrogens with zero attached hydrogens (tertiary/aromatic N) is 2. The summed E-state index contributed by atoms with van der Waals surface area (Å²) in [5.74, 6) is 0.0979. The molecule has 0 radical (unpaired) electrons. The summed E-state index contributed by atoms with van der Waals surface area (Å²) in [6.45, 7) is 5.61. The first-order valence-corrected chi connectivity index (χ1v) is 6.46. The fraction of sp³-hybridized carbons (Fsp3) is 0.357. The van der Waals surface area contributed by atoms with Crippen LogP contribution in [0.4, 0.5) is 4.39 Å². The number of carbonyl (C=O) groups is 1. The van der Waals surface area contributed by atoms with Crippen LogP contribution in [0.5, 0.6) is 0 Å². The minimum absolute atomic E-state index is 0.0666. The lowest BCUT2D eigenvalue weighted by Gasteiger charge is -2.13. The normalized spacial score (nSPS) is 12.4. The molecule has 2 rings (SSSR count). The summed E-state index contributed by atoms with van der Waals surface area (Å²) in [5.41, 5.74) is 0.431. The second kappa shape index (κ2) is 5.81. The van der Waals surface area contributed by atoms with Crippen LogP contribution in [0, 0.1) is 5.82 Å². The van der Waals surface area contributed by atoms with Crippen LogP contribution in [0.25, 0.3) is 0 Å². The predicted octanol–water partition coefficient (Wildman–Crippen LogP) is 2.56. The van der Waals surface area contributed by atoms with Gasteiger partial charge in [-0.15, -0.1) is 5.10 Å². The van der Waals surface area contributed by atoms with Gasteiger partial charge in [-0.3, -0.25) is 9.89 Å². The highest BCUT2D eigenvalue weighted by Crippen LogP contribution is 2.16. The van der Waals surface area contributed by atoms with Gasteiger partial charge in [0.1, 0.15) is 11.6 Å². The predicted molar refractivity (Wildman–Crippen MR) is 72.8 cm³/mol. The molecule has 0 aliphatic carbocycles. The number of nitrogens with one attached hydrogen (secondary N) is 2. The van der Waals surface area contributed by atoms with Crippen LogP contribution in [0.15, 0.2) is 24.3 Å². The Balaban J connectivity index is 2.09. The van der Waals surface area contributed by atoms with Crippen molar-refractivity contribution in [1.29, 1.82) is 0 Å². The van der Waals surface area contributed by atoms with Gasteiger partial charge in [0.15, 0.2) is 0 Å². The van der Waals surface area contributed by atoms with Crippen molar-refractivity contribution in [3.63, 3.8) is 0 Å². The Morgan fingerprint density at radius 3 is 2.60 bits per heavy atom. The van der Waals surface area contributed by atoms with E-state index in [2.05, 4.69) is 20.5 Å². The molecule has 0 aliphatic rings. The van der Waals surface area contributed by atoms with E-state index in [1.54, 1.807) is 25.1 Å². The number of hydrogen-bond donors (Lipinski definition) is 2. The van der Waals surface area contributed by atoms with Gasteiger partial charge in [-0.1, -0.05) is 32.0 Å². The Morgan fingerprint density at radius 1 is 1.30 bits per heavy atom. The fourth-order valence-electron chi connectivity index (χ4n) is 1.80. The first kappa shape index (κ1) is 14.2. The molecule has 5 nitrogen and oxygen atoms in total. The number of H-pyrrole nitrogens is 1. The minimum Gasteiger partial charge on any atom is -0.343 e. The Morgan fingerprint density at radius 2 is 2.00 bits per heavy atom. The van der Waals surface area contributed by atoms with Gasteiger partial charge in [-0.25, -0.2) is 9.37 Å². The highest BCUT2D eigenvalue weighted by atomic mass is 19.1. The molecule has 1 aromatic carbocycles. The van der Waals surface area contributed by atoms with Gasteiger partial charge >= 0.3 is 0 Å². The van der Waals surface area contributed by atoms with Crippen LogP contribution in [0.2, 0.25) is 0 Å². The summed E-state index contributed by atoms with van der Waals surface area (Å²) in [7, 11) is 0. The molecular weight excluding hydrogens is 259 g/mol. The van der Waals surface area contributed by atoms with E-state index in [1.165, 1.54) is 6.07 Å². The van der Waals surface area contributed by atoms with E-state index in [1.807, 2.05) is 13.8 Å². The van der Waals surface area contributed by atoms with Gasteiger partial charge in [-0.2, -0.15) is 0 Å². The zero-order chi connectivity index (χ0) is 14.7. The van der Waals surface area contributed by atoms with Gasteiger partial charge < -0.3 is 5.32 Å². The fourth-order valence-corrected chi connectivity index (χ4v) is 1.80. The van der Waals surface area contributed by atoms with Crippen LogP contribution in [-0.4, -0.2) is 21.1 Å². The molecular formula is C14H17FN4O. The smallest absolute Gasteiger partial charge is 0.291 e. The summed E-state index contributed by atoms with van der Waals surface area (Å²) >= 11 is 0. The molecule has 1 amide bonds. The monoisotopic (exact) mass is 276 g/mol. The van der Waals surface area contributed by atoms with Gasteiger partial charge in [-0.05, 0) is 13.0 Å². The van der Waals surface area contributed by atoms with Crippen molar-refractivity contribution in [3.05, 3.63) is 47.3 Å². The van der Waals surface area contributed by atoms with Crippen molar-refractivity contribution in [2.45, 2.75) is 32.7 Å². The summed E-state index contributed by atoms with van der Waals surface area (Å²) in [6, 6.07) is 5.88. The van der Waals surface area contributed by atoms with Crippen LogP contribution < -0.4 is 5.32 Å². The number of carbonyl (C=O) groups excluding carboxylic acids is 1.